The van der Waals surface area contributed by atoms with E-state index in [1.807, 2.05) is 30.3 Å². The van der Waals surface area contributed by atoms with Gasteiger partial charge in [0.05, 0.1) is 21.6 Å². The third kappa shape index (κ3) is 5.14. The van der Waals surface area contributed by atoms with Crippen LogP contribution < -0.4 is 5.43 Å². The van der Waals surface area contributed by atoms with Crippen molar-refractivity contribution in [2.24, 2.45) is 5.10 Å². The number of anilines is 1. The summed E-state index contributed by atoms with van der Waals surface area (Å²) in [6, 6.07) is 16.0. The summed E-state index contributed by atoms with van der Waals surface area (Å²) in [6.45, 7) is 0. The van der Waals surface area contributed by atoms with Gasteiger partial charge >= 0.3 is 5.69 Å². The lowest BCUT2D eigenvalue weighted by Crippen LogP contribution is -2.03. The van der Waals surface area contributed by atoms with Crippen LogP contribution in [0, 0.1) is 20.2 Å². The van der Waals surface area contributed by atoms with Gasteiger partial charge in [-0.25, -0.2) is 0 Å². The van der Waals surface area contributed by atoms with Crippen molar-refractivity contribution in [2.45, 2.75) is 0 Å². The van der Waals surface area contributed by atoms with Gasteiger partial charge in [-0.05, 0) is 46.3 Å². The SMILES string of the molecule is O=[N+]([O-])c1ccc(NN=C(C=Cc2ccc(Br)o2)c2ccccc2)c([N+](=O)[O-])c1. The summed E-state index contributed by atoms with van der Waals surface area (Å²) in [6.07, 6.45) is 3.38. The maximum atomic E-state index is 11.3. The van der Waals surface area contributed by atoms with E-state index in [4.69, 9.17) is 4.42 Å². The van der Waals surface area contributed by atoms with E-state index in [0.717, 1.165) is 11.6 Å². The zero-order valence-electron chi connectivity index (χ0n) is 14.7. The quantitative estimate of drug-likeness (QED) is 0.288. The second kappa shape index (κ2) is 8.93. The van der Waals surface area contributed by atoms with Crippen molar-refractivity contribution in [3.8, 4) is 0 Å². The van der Waals surface area contributed by atoms with Gasteiger partial charge in [0.25, 0.3) is 5.69 Å². The molecule has 0 saturated heterocycles. The molecule has 0 aliphatic carbocycles. The summed E-state index contributed by atoms with van der Waals surface area (Å²) in [7, 11) is 0. The molecule has 3 aromatic rings. The topological polar surface area (TPSA) is 124 Å². The van der Waals surface area contributed by atoms with Crippen LogP contribution in [0.3, 0.4) is 0 Å². The first kappa shape index (κ1) is 20.0. The van der Waals surface area contributed by atoms with Crippen molar-refractivity contribution in [1.82, 2.24) is 0 Å². The van der Waals surface area contributed by atoms with Crippen LogP contribution in [0.1, 0.15) is 11.3 Å². The number of non-ortho nitro benzene ring substituents is 1. The van der Waals surface area contributed by atoms with Crippen molar-refractivity contribution in [1.29, 1.82) is 0 Å². The van der Waals surface area contributed by atoms with Crippen molar-refractivity contribution < 1.29 is 14.3 Å². The Hall–Kier alpha value is -3.79. The maximum Gasteiger partial charge on any atom is 0.301 e. The van der Waals surface area contributed by atoms with Gasteiger partial charge in [0.1, 0.15) is 11.4 Å². The molecule has 9 nitrogen and oxygen atoms in total. The number of allylic oxidation sites excluding steroid dienone is 1. The lowest BCUT2D eigenvalue weighted by atomic mass is 10.1. The molecule has 0 amide bonds. The first-order valence-electron chi connectivity index (χ1n) is 8.19. The van der Waals surface area contributed by atoms with E-state index in [1.165, 1.54) is 12.1 Å². The monoisotopic (exact) mass is 456 g/mol. The molecule has 1 heterocycles. The van der Waals surface area contributed by atoms with Crippen LogP contribution in [0.15, 0.2) is 80.9 Å². The molecule has 0 radical (unpaired) electrons. The van der Waals surface area contributed by atoms with Gasteiger partial charge in [-0.15, -0.1) is 0 Å². The summed E-state index contributed by atoms with van der Waals surface area (Å²) in [5.74, 6) is 0.585. The van der Waals surface area contributed by atoms with E-state index in [9.17, 15) is 20.2 Å². The van der Waals surface area contributed by atoms with Gasteiger partial charge in [0.15, 0.2) is 4.67 Å². The highest BCUT2D eigenvalue weighted by atomic mass is 79.9. The van der Waals surface area contributed by atoms with Crippen LogP contribution >= 0.6 is 15.9 Å². The molecule has 0 aliphatic rings. The Kier molecular flexibility index (Phi) is 6.15. The third-order valence-electron chi connectivity index (χ3n) is 3.75. The van der Waals surface area contributed by atoms with Gasteiger partial charge in [-0.2, -0.15) is 5.10 Å². The van der Waals surface area contributed by atoms with Gasteiger partial charge in [-0.3, -0.25) is 25.7 Å². The molecule has 0 aliphatic heterocycles. The first-order chi connectivity index (χ1) is 13.9. The number of hydrazone groups is 1. The van der Waals surface area contributed by atoms with Crippen LogP contribution in [-0.4, -0.2) is 15.6 Å². The number of hydrogen-bond acceptors (Lipinski definition) is 7. The van der Waals surface area contributed by atoms with E-state index in [2.05, 4.69) is 26.5 Å². The van der Waals surface area contributed by atoms with Crippen LogP contribution in [0.25, 0.3) is 6.08 Å². The molecule has 0 atom stereocenters. The third-order valence-corrected chi connectivity index (χ3v) is 4.18. The number of nitrogens with zero attached hydrogens (tertiary/aromatic N) is 3. The lowest BCUT2D eigenvalue weighted by molar-refractivity contribution is -0.393. The van der Waals surface area contributed by atoms with Crippen molar-refractivity contribution in [3.63, 3.8) is 0 Å². The molecule has 146 valence electrons. The average molecular weight is 457 g/mol. The largest absolute Gasteiger partial charge is 0.450 e. The summed E-state index contributed by atoms with van der Waals surface area (Å²) >= 11 is 3.23. The zero-order valence-corrected chi connectivity index (χ0v) is 16.3. The first-order valence-corrected chi connectivity index (χ1v) is 8.99. The molecule has 2 aromatic carbocycles. The van der Waals surface area contributed by atoms with E-state index in [0.29, 0.717) is 16.1 Å². The summed E-state index contributed by atoms with van der Waals surface area (Å²) in [4.78, 5) is 20.8. The highest BCUT2D eigenvalue weighted by molar-refractivity contribution is 9.10. The summed E-state index contributed by atoms with van der Waals surface area (Å²) in [5.41, 5.74) is 3.07. The smallest absolute Gasteiger partial charge is 0.301 e. The Labute approximate surface area is 172 Å². The van der Waals surface area contributed by atoms with Crippen LogP contribution in [0.4, 0.5) is 17.1 Å². The van der Waals surface area contributed by atoms with E-state index in [-0.39, 0.29) is 11.4 Å². The van der Waals surface area contributed by atoms with Crippen LogP contribution in [0.2, 0.25) is 0 Å². The van der Waals surface area contributed by atoms with Gasteiger partial charge in [-0.1, -0.05) is 30.3 Å². The Morgan fingerprint density at radius 1 is 1.03 bits per heavy atom. The molecule has 1 N–H and O–H groups in total. The minimum absolute atomic E-state index is 0.0307. The number of halogens is 1. The Morgan fingerprint density at radius 3 is 2.41 bits per heavy atom. The summed E-state index contributed by atoms with van der Waals surface area (Å²) < 4.78 is 6.00. The second-order valence-electron chi connectivity index (χ2n) is 5.67. The van der Waals surface area contributed by atoms with Gasteiger partial charge in [0, 0.05) is 11.6 Å². The van der Waals surface area contributed by atoms with Crippen LogP contribution in [0.5, 0.6) is 0 Å². The molecule has 10 heteroatoms. The molecular formula is C19H13BrN4O5. The Balaban J connectivity index is 1.95. The highest BCUT2D eigenvalue weighted by Crippen LogP contribution is 2.29. The molecule has 3 rings (SSSR count). The van der Waals surface area contributed by atoms with Crippen LogP contribution in [-0.2, 0) is 0 Å². The summed E-state index contributed by atoms with van der Waals surface area (Å²) in [5, 5.41) is 26.4. The second-order valence-corrected chi connectivity index (χ2v) is 6.45. The van der Waals surface area contributed by atoms with E-state index < -0.39 is 15.5 Å². The average Bonchev–Trinajstić information content (AvgIpc) is 3.13. The number of rotatable bonds is 7. The molecule has 29 heavy (non-hydrogen) atoms. The van der Waals surface area contributed by atoms with E-state index in [1.54, 1.807) is 24.3 Å². The molecule has 0 saturated carbocycles. The van der Waals surface area contributed by atoms with Gasteiger partial charge in [0.2, 0.25) is 0 Å². The zero-order chi connectivity index (χ0) is 20.8. The fourth-order valence-corrected chi connectivity index (χ4v) is 2.70. The highest BCUT2D eigenvalue weighted by Gasteiger charge is 2.19. The minimum Gasteiger partial charge on any atom is -0.450 e. The standard InChI is InChI=1S/C19H13BrN4O5/c20-19-11-8-15(29-19)7-10-16(13-4-2-1-3-5-13)21-22-17-9-6-14(23(25)26)12-18(17)24(27)28/h1-12,22H. The molecular weight excluding hydrogens is 444 g/mol. The number of furan rings is 1. The fraction of sp³-hybridized carbons (Fsp3) is 0. The Bertz CT molecular complexity index is 1110. The minimum atomic E-state index is -0.705. The normalized spacial score (nSPS) is 11.6. The number of nitro groups is 2. The van der Waals surface area contributed by atoms with E-state index >= 15 is 0 Å². The molecule has 0 bridgehead atoms. The Morgan fingerprint density at radius 2 is 1.79 bits per heavy atom. The van der Waals surface area contributed by atoms with Crippen molar-refractivity contribution in [2.75, 3.05) is 5.43 Å². The predicted molar refractivity (Wildman–Crippen MR) is 112 cm³/mol. The lowest BCUT2D eigenvalue weighted by Gasteiger charge is -2.05. The van der Waals surface area contributed by atoms with Gasteiger partial charge < -0.3 is 4.42 Å². The molecule has 1 aromatic heterocycles. The van der Waals surface area contributed by atoms with Crippen molar-refractivity contribution >= 4 is 44.8 Å². The number of nitrogens with one attached hydrogen (secondary N) is 1. The molecule has 0 unspecified atom stereocenters. The predicted octanol–water partition coefficient (Wildman–Crippen LogP) is 5.39. The van der Waals surface area contributed by atoms with Crippen molar-refractivity contribution in [3.05, 3.63) is 103 Å². The number of nitro benzene ring substituents is 2. The molecule has 0 fully saturated rings. The number of hydrogen-bond donors (Lipinski definition) is 1. The number of benzene rings is 2. The maximum absolute atomic E-state index is 11.3. The fourth-order valence-electron chi connectivity index (χ4n) is 2.39. The molecule has 0 spiro atoms.